The summed E-state index contributed by atoms with van der Waals surface area (Å²) in [6, 6.07) is 0.562. The van der Waals surface area contributed by atoms with Gasteiger partial charge in [0.15, 0.2) is 0 Å². The molecule has 2 heterocycles. The number of hydrogen-bond acceptors (Lipinski definition) is 4. The maximum Gasteiger partial charge on any atom is 0.138 e. The summed E-state index contributed by atoms with van der Waals surface area (Å²) in [6.45, 7) is 6.68. The largest absolute Gasteiger partial charge is 0.366 e. The first-order valence-corrected chi connectivity index (χ1v) is 7.95. The average Bonchev–Trinajstić information content (AvgIpc) is 2.69. The molecule has 2 aromatic heterocycles. The van der Waals surface area contributed by atoms with E-state index in [2.05, 4.69) is 36.1 Å². The standard InChI is InChI=1S/C15H21N3S/c1-9-6-4-5-7-12(9)18-14-13-10(2)11(3)19-15(13)17-8-16-14/h8-9,12H,4-7H2,1-3H3,(H,16,17,18)/t9-,12-/m0/s1. The van der Waals surface area contributed by atoms with Gasteiger partial charge in [0.1, 0.15) is 17.0 Å². The van der Waals surface area contributed by atoms with E-state index in [-0.39, 0.29) is 0 Å². The topological polar surface area (TPSA) is 37.8 Å². The van der Waals surface area contributed by atoms with Crippen molar-refractivity contribution in [2.45, 2.75) is 52.5 Å². The molecule has 0 aliphatic heterocycles. The second-order valence-corrected chi connectivity index (χ2v) is 6.90. The Kier molecular flexibility index (Phi) is 3.44. The number of anilines is 1. The molecule has 1 aliphatic carbocycles. The van der Waals surface area contributed by atoms with Crippen LogP contribution in [0, 0.1) is 19.8 Å². The van der Waals surface area contributed by atoms with Crippen molar-refractivity contribution in [2.24, 2.45) is 5.92 Å². The zero-order valence-electron chi connectivity index (χ0n) is 11.9. The molecule has 1 N–H and O–H groups in total. The van der Waals surface area contributed by atoms with Gasteiger partial charge in [0.2, 0.25) is 0 Å². The van der Waals surface area contributed by atoms with Crippen molar-refractivity contribution >= 4 is 27.4 Å². The summed E-state index contributed by atoms with van der Waals surface area (Å²) in [5, 5.41) is 4.91. The highest BCUT2D eigenvalue weighted by atomic mass is 32.1. The van der Waals surface area contributed by atoms with Crippen molar-refractivity contribution in [3.8, 4) is 0 Å². The van der Waals surface area contributed by atoms with E-state index < -0.39 is 0 Å². The summed E-state index contributed by atoms with van der Waals surface area (Å²) in [5.74, 6) is 1.77. The van der Waals surface area contributed by atoms with Gasteiger partial charge < -0.3 is 5.32 Å². The lowest BCUT2D eigenvalue weighted by Gasteiger charge is -2.30. The molecule has 0 amide bonds. The fourth-order valence-corrected chi connectivity index (χ4v) is 3.99. The van der Waals surface area contributed by atoms with E-state index in [0.717, 1.165) is 16.6 Å². The second kappa shape index (κ2) is 5.08. The van der Waals surface area contributed by atoms with E-state index in [9.17, 15) is 0 Å². The van der Waals surface area contributed by atoms with Crippen LogP contribution in [-0.2, 0) is 0 Å². The molecule has 4 heteroatoms. The van der Waals surface area contributed by atoms with Crippen molar-refractivity contribution < 1.29 is 0 Å². The molecule has 0 spiro atoms. The first-order valence-electron chi connectivity index (χ1n) is 7.14. The Balaban J connectivity index is 1.96. The highest BCUT2D eigenvalue weighted by molar-refractivity contribution is 7.18. The van der Waals surface area contributed by atoms with Gasteiger partial charge in [-0.15, -0.1) is 11.3 Å². The van der Waals surface area contributed by atoms with Crippen LogP contribution < -0.4 is 5.32 Å². The Hall–Kier alpha value is -1.16. The first-order chi connectivity index (χ1) is 9.16. The predicted octanol–water partition coefficient (Wildman–Crippen LogP) is 4.30. The van der Waals surface area contributed by atoms with E-state index in [1.807, 2.05) is 0 Å². The number of fused-ring (bicyclic) bond motifs is 1. The molecule has 1 saturated carbocycles. The zero-order chi connectivity index (χ0) is 13.4. The molecule has 0 bridgehead atoms. The molecule has 102 valence electrons. The van der Waals surface area contributed by atoms with Crippen LogP contribution in [0.5, 0.6) is 0 Å². The Morgan fingerprint density at radius 3 is 2.79 bits per heavy atom. The van der Waals surface area contributed by atoms with Gasteiger partial charge >= 0.3 is 0 Å². The van der Waals surface area contributed by atoms with Gasteiger partial charge in [-0.3, -0.25) is 0 Å². The molecule has 2 aromatic rings. The fraction of sp³-hybridized carbons (Fsp3) is 0.600. The maximum absolute atomic E-state index is 4.49. The van der Waals surface area contributed by atoms with Crippen molar-refractivity contribution in [1.82, 2.24) is 9.97 Å². The summed E-state index contributed by atoms with van der Waals surface area (Å²) >= 11 is 1.76. The lowest BCUT2D eigenvalue weighted by Crippen LogP contribution is -2.30. The summed E-state index contributed by atoms with van der Waals surface area (Å²) in [5.41, 5.74) is 1.33. The second-order valence-electron chi connectivity index (χ2n) is 5.70. The summed E-state index contributed by atoms with van der Waals surface area (Å²) < 4.78 is 0. The molecule has 2 atom stereocenters. The SMILES string of the molecule is Cc1sc2ncnc(N[C@H]3CCCC[C@@H]3C)c2c1C. The summed E-state index contributed by atoms with van der Waals surface area (Å²) in [6.07, 6.45) is 6.98. The summed E-state index contributed by atoms with van der Waals surface area (Å²) in [7, 11) is 0. The highest BCUT2D eigenvalue weighted by Gasteiger charge is 2.22. The van der Waals surface area contributed by atoms with E-state index in [4.69, 9.17) is 0 Å². The third-order valence-corrected chi connectivity index (χ3v) is 5.51. The minimum atomic E-state index is 0.562. The Morgan fingerprint density at radius 1 is 1.21 bits per heavy atom. The summed E-state index contributed by atoms with van der Waals surface area (Å²) in [4.78, 5) is 11.3. The van der Waals surface area contributed by atoms with Crippen LogP contribution in [0.15, 0.2) is 6.33 Å². The van der Waals surface area contributed by atoms with Crippen LogP contribution in [0.4, 0.5) is 5.82 Å². The van der Waals surface area contributed by atoms with Gasteiger partial charge in [-0.05, 0) is 38.2 Å². The normalized spacial score (nSPS) is 23.7. The molecular formula is C15H21N3S. The Morgan fingerprint density at radius 2 is 2.00 bits per heavy atom. The van der Waals surface area contributed by atoms with Gasteiger partial charge in [0, 0.05) is 10.9 Å². The van der Waals surface area contributed by atoms with Crippen LogP contribution in [0.25, 0.3) is 10.2 Å². The number of rotatable bonds is 2. The van der Waals surface area contributed by atoms with Gasteiger partial charge in [0.25, 0.3) is 0 Å². The maximum atomic E-state index is 4.49. The van der Waals surface area contributed by atoms with Gasteiger partial charge in [-0.1, -0.05) is 19.8 Å². The minimum absolute atomic E-state index is 0.562. The minimum Gasteiger partial charge on any atom is -0.366 e. The quantitative estimate of drug-likeness (QED) is 0.888. The fourth-order valence-electron chi connectivity index (χ4n) is 3.00. The number of nitrogens with one attached hydrogen (secondary N) is 1. The van der Waals surface area contributed by atoms with Gasteiger partial charge in [0.05, 0.1) is 5.39 Å². The molecule has 19 heavy (non-hydrogen) atoms. The molecule has 3 nitrogen and oxygen atoms in total. The smallest absolute Gasteiger partial charge is 0.138 e. The lowest BCUT2D eigenvalue weighted by atomic mass is 9.86. The predicted molar refractivity (Wildman–Crippen MR) is 81.9 cm³/mol. The average molecular weight is 275 g/mol. The number of thiophene rings is 1. The van der Waals surface area contributed by atoms with E-state index in [1.54, 1.807) is 17.7 Å². The molecule has 0 aromatic carbocycles. The van der Waals surface area contributed by atoms with Crippen LogP contribution in [0.3, 0.4) is 0 Å². The molecule has 3 rings (SSSR count). The Labute approximate surface area is 118 Å². The molecule has 0 unspecified atom stereocenters. The van der Waals surface area contributed by atoms with Crippen LogP contribution in [0.2, 0.25) is 0 Å². The molecule has 1 fully saturated rings. The van der Waals surface area contributed by atoms with Crippen molar-refractivity contribution in [2.75, 3.05) is 5.32 Å². The number of aromatic nitrogens is 2. The van der Waals surface area contributed by atoms with Gasteiger partial charge in [-0.25, -0.2) is 9.97 Å². The zero-order valence-corrected chi connectivity index (χ0v) is 12.7. The lowest BCUT2D eigenvalue weighted by molar-refractivity contribution is 0.349. The number of nitrogens with zero attached hydrogens (tertiary/aromatic N) is 2. The highest BCUT2D eigenvalue weighted by Crippen LogP contribution is 2.34. The third-order valence-electron chi connectivity index (χ3n) is 4.40. The van der Waals surface area contributed by atoms with E-state index in [1.165, 1.54) is 41.5 Å². The van der Waals surface area contributed by atoms with Crippen LogP contribution >= 0.6 is 11.3 Å². The van der Waals surface area contributed by atoms with Crippen molar-refractivity contribution in [1.29, 1.82) is 0 Å². The van der Waals surface area contributed by atoms with E-state index in [0.29, 0.717) is 6.04 Å². The van der Waals surface area contributed by atoms with Crippen molar-refractivity contribution in [3.63, 3.8) is 0 Å². The van der Waals surface area contributed by atoms with Gasteiger partial charge in [-0.2, -0.15) is 0 Å². The molecular weight excluding hydrogens is 254 g/mol. The molecule has 0 radical (unpaired) electrons. The molecule has 1 aliphatic rings. The third kappa shape index (κ3) is 2.34. The van der Waals surface area contributed by atoms with Crippen LogP contribution in [-0.4, -0.2) is 16.0 Å². The number of aryl methyl sites for hydroxylation is 2. The van der Waals surface area contributed by atoms with E-state index >= 15 is 0 Å². The monoisotopic (exact) mass is 275 g/mol. The first kappa shape index (κ1) is 12.9. The number of hydrogen-bond donors (Lipinski definition) is 1. The molecule has 0 saturated heterocycles. The van der Waals surface area contributed by atoms with Crippen molar-refractivity contribution in [3.05, 3.63) is 16.8 Å². The Bertz CT molecular complexity index is 590. The van der Waals surface area contributed by atoms with Crippen LogP contribution in [0.1, 0.15) is 43.0 Å².